The Bertz CT molecular complexity index is 538. The molecule has 0 aromatic heterocycles. The smallest absolute Gasteiger partial charge is 0.226 e. The average molecular weight is 314 g/mol. The van der Waals surface area contributed by atoms with Crippen LogP contribution in [0, 0.1) is 11.8 Å². The summed E-state index contributed by atoms with van der Waals surface area (Å²) in [4.78, 5) is 26.4. The molecule has 1 heterocycles. The zero-order chi connectivity index (χ0) is 16.1. The molecule has 0 radical (unpaired) electrons. The Hall–Kier alpha value is -1.84. The van der Waals surface area contributed by atoms with Crippen LogP contribution in [0.15, 0.2) is 30.3 Å². The fourth-order valence-corrected chi connectivity index (χ4v) is 3.39. The van der Waals surface area contributed by atoms with Gasteiger partial charge in [0.25, 0.3) is 0 Å². The lowest BCUT2D eigenvalue weighted by Crippen LogP contribution is -2.38. The maximum atomic E-state index is 12.3. The maximum absolute atomic E-state index is 12.3. The van der Waals surface area contributed by atoms with Crippen molar-refractivity contribution in [3.63, 3.8) is 0 Å². The summed E-state index contributed by atoms with van der Waals surface area (Å²) in [6.45, 7) is 2.44. The molecule has 124 valence electrons. The van der Waals surface area contributed by atoms with Crippen LogP contribution < -0.4 is 5.32 Å². The summed E-state index contributed by atoms with van der Waals surface area (Å²) in [6, 6.07) is 10.3. The number of aryl methyl sites for hydroxylation is 1. The van der Waals surface area contributed by atoms with Gasteiger partial charge >= 0.3 is 0 Å². The van der Waals surface area contributed by atoms with E-state index in [4.69, 9.17) is 0 Å². The summed E-state index contributed by atoms with van der Waals surface area (Å²) in [5.74, 6) is 0.130. The highest BCUT2D eigenvalue weighted by Crippen LogP contribution is 2.40. The first-order valence-electron chi connectivity index (χ1n) is 8.86. The molecule has 2 amide bonds. The largest absolute Gasteiger partial charge is 0.356 e. The Morgan fingerprint density at radius 1 is 1.04 bits per heavy atom. The van der Waals surface area contributed by atoms with E-state index < -0.39 is 0 Å². The number of hydrogen-bond donors (Lipinski definition) is 1. The number of hydrogen-bond acceptors (Lipinski definition) is 2. The van der Waals surface area contributed by atoms with Crippen molar-refractivity contribution in [1.82, 2.24) is 10.2 Å². The minimum absolute atomic E-state index is 0.0535. The van der Waals surface area contributed by atoms with Gasteiger partial charge in [-0.1, -0.05) is 30.3 Å². The molecule has 1 saturated carbocycles. The molecule has 1 aliphatic heterocycles. The summed E-state index contributed by atoms with van der Waals surface area (Å²) in [5.41, 5.74) is 1.30. The van der Waals surface area contributed by atoms with Crippen molar-refractivity contribution in [2.24, 2.45) is 11.8 Å². The van der Waals surface area contributed by atoms with Crippen molar-refractivity contribution >= 4 is 11.8 Å². The Labute approximate surface area is 138 Å². The third-order valence-electron chi connectivity index (χ3n) is 4.90. The quantitative estimate of drug-likeness (QED) is 0.820. The Morgan fingerprint density at radius 2 is 1.78 bits per heavy atom. The van der Waals surface area contributed by atoms with Crippen LogP contribution in [0.3, 0.4) is 0 Å². The fraction of sp³-hybridized carbons (Fsp3) is 0.579. The summed E-state index contributed by atoms with van der Waals surface area (Å²) in [7, 11) is 0. The van der Waals surface area contributed by atoms with Gasteiger partial charge in [0.2, 0.25) is 11.8 Å². The number of carbonyl (C=O) groups excluding carboxylic acids is 2. The van der Waals surface area contributed by atoms with Crippen LogP contribution in [-0.4, -0.2) is 36.3 Å². The van der Waals surface area contributed by atoms with E-state index in [1.807, 2.05) is 23.1 Å². The van der Waals surface area contributed by atoms with E-state index in [-0.39, 0.29) is 23.7 Å². The fourth-order valence-electron chi connectivity index (χ4n) is 3.39. The number of amides is 2. The lowest BCUT2D eigenvalue weighted by molar-refractivity contribution is -0.135. The number of piperidine rings is 1. The Balaban J connectivity index is 1.34. The molecule has 2 atom stereocenters. The lowest BCUT2D eigenvalue weighted by atomic mass is 10.1. The van der Waals surface area contributed by atoms with Gasteiger partial charge in [-0.2, -0.15) is 0 Å². The summed E-state index contributed by atoms with van der Waals surface area (Å²) >= 11 is 0. The first-order chi connectivity index (χ1) is 11.3. The normalized spacial score (nSPS) is 23.4. The summed E-state index contributed by atoms with van der Waals surface area (Å²) in [6.07, 6.45) is 6.08. The molecule has 1 aromatic carbocycles. The molecule has 2 aliphatic rings. The van der Waals surface area contributed by atoms with Crippen LogP contribution in [0.4, 0.5) is 0 Å². The number of carbonyl (C=O) groups is 2. The van der Waals surface area contributed by atoms with E-state index in [1.54, 1.807) is 0 Å². The zero-order valence-electron chi connectivity index (χ0n) is 13.7. The third kappa shape index (κ3) is 4.34. The van der Waals surface area contributed by atoms with Crippen LogP contribution in [0.25, 0.3) is 0 Å². The van der Waals surface area contributed by atoms with Gasteiger partial charge in [-0.15, -0.1) is 0 Å². The average Bonchev–Trinajstić information content (AvgIpc) is 3.40. The van der Waals surface area contributed by atoms with Crippen LogP contribution in [0.5, 0.6) is 0 Å². The van der Waals surface area contributed by atoms with Gasteiger partial charge in [-0.25, -0.2) is 0 Å². The predicted molar refractivity (Wildman–Crippen MR) is 89.8 cm³/mol. The van der Waals surface area contributed by atoms with Gasteiger partial charge in [0.05, 0.1) is 11.8 Å². The van der Waals surface area contributed by atoms with Crippen molar-refractivity contribution in [3.05, 3.63) is 35.9 Å². The van der Waals surface area contributed by atoms with Gasteiger partial charge < -0.3 is 10.2 Å². The number of benzene rings is 1. The van der Waals surface area contributed by atoms with Crippen molar-refractivity contribution in [2.45, 2.75) is 38.5 Å². The number of rotatable bonds is 6. The van der Waals surface area contributed by atoms with E-state index in [0.717, 1.165) is 45.2 Å². The zero-order valence-corrected chi connectivity index (χ0v) is 13.7. The van der Waals surface area contributed by atoms with E-state index in [2.05, 4.69) is 17.4 Å². The minimum Gasteiger partial charge on any atom is -0.356 e. The number of nitrogens with one attached hydrogen (secondary N) is 1. The third-order valence-corrected chi connectivity index (χ3v) is 4.90. The van der Waals surface area contributed by atoms with E-state index >= 15 is 0 Å². The Morgan fingerprint density at radius 3 is 2.52 bits per heavy atom. The van der Waals surface area contributed by atoms with Crippen LogP contribution in [0.1, 0.15) is 37.7 Å². The molecule has 2 fully saturated rings. The predicted octanol–water partition coefficient (Wildman–Crippen LogP) is 2.38. The molecule has 4 heteroatoms. The van der Waals surface area contributed by atoms with Gasteiger partial charge in [0.15, 0.2) is 0 Å². The minimum atomic E-state index is -0.0823. The maximum Gasteiger partial charge on any atom is 0.226 e. The topological polar surface area (TPSA) is 49.4 Å². The van der Waals surface area contributed by atoms with Crippen LogP contribution in [-0.2, 0) is 16.0 Å². The summed E-state index contributed by atoms with van der Waals surface area (Å²) in [5, 5.41) is 2.99. The molecule has 23 heavy (non-hydrogen) atoms. The standard InChI is InChI=1S/C19H26N2O2/c22-18(20-11-7-10-15-8-3-1-4-9-15)16-14-17(16)19(23)21-12-5-2-6-13-21/h1,3-4,8-9,16-17H,2,5-7,10-14H2,(H,20,22). The monoisotopic (exact) mass is 314 g/mol. The van der Waals surface area contributed by atoms with Crippen molar-refractivity contribution in [2.75, 3.05) is 19.6 Å². The number of nitrogens with zero attached hydrogens (tertiary/aromatic N) is 1. The molecule has 0 spiro atoms. The molecule has 1 N–H and O–H groups in total. The van der Waals surface area contributed by atoms with Gasteiger partial charge in [-0.3, -0.25) is 9.59 Å². The van der Waals surface area contributed by atoms with Gasteiger partial charge in [0, 0.05) is 19.6 Å². The summed E-state index contributed by atoms with van der Waals surface area (Å²) < 4.78 is 0. The van der Waals surface area contributed by atoms with Crippen molar-refractivity contribution < 1.29 is 9.59 Å². The molecular formula is C19H26N2O2. The van der Waals surface area contributed by atoms with Crippen LogP contribution >= 0.6 is 0 Å². The lowest BCUT2D eigenvalue weighted by Gasteiger charge is -2.26. The number of likely N-dealkylation sites (tertiary alicyclic amines) is 1. The first kappa shape index (κ1) is 16.0. The van der Waals surface area contributed by atoms with E-state index in [1.165, 1.54) is 12.0 Å². The highest BCUT2D eigenvalue weighted by atomic mass is 16.2. The van der Waals surface area contributed by atoms with E-state index in [0.29, 0.717) is 6.54 Å². The highest BCUT2D eigenvalue weighted by molar-refractivity contribution is 5.92. The molecule has 1 aromatic rings. The second kappa shape index (κ2) is 7.62. The molecular weight excluding hydrogens is 288 g/mol. The molecule has 3 rings (SSSR count). The van der Waals surface area contributed by atoms with Gasteiger partial charge in [-0.05, 0) is 44.1 Å². The van der Waals surface area contributed by atoms with Crippen molar-refractivity contribution in [1.29, 1.82) is 0 Å². The SMILES string of the molecule is O=C(NCCCc1ccccc1)C1CC1C(=O)N1CCCCC1. The molecule has 2 unspecified atom stereocenters. The first-order valence-corrected chi connectivity index (χ1v) is 8.86. The second-order valence-electron chi connectivity index (χ2n) is 6.71. The molecule has 1 saturated heterocycles. The second-order valence-corrected chi connectivity index (χ2v) is 6.71. The molecule has 1 aliphatic carbocycles. The highest BCUT2D eigenvalue weighted by Gasteiger charge is 2.49. The van der Waals surface area contributed by atoms with E-state index in [9.17, 15) is 9.59 Å². The van der Waals surface area contributed by atoms with Crippen LogP contribution in [0.2, 0.25) is 0 Å². The molecule has 0 bridgehead atoms. The van der Waals surface area contributed by atoms with Crippen molar-refractivity contribution in [3.8, 4) is 0 Å². The van der Waals surface area contributed by atoms with Gasteiger partial charge in [0.1, 0.15) is 0 Å². The Kier molecular flexibility index (Phi) is 5.31. The molecule has 4 nitrogen and oxygen atoms in total.